The minimum absolute atomic E-state index is 0.0867. The molecule has 2 aromatic rings. The fourth-order valence-electron chi connectivity index (χ4n) is 4.83. The Kier molecular flexibility index (Phi) is 6.62. The molecule has 0 aliphatic carbocycles. The molecule has 3 heterocycles. The summed E-state index contributed by atoms with van der Waals surface area (Å²) in [6.07, 6.45) is 1.78. The van der Waals surface area contributed by atoms with Gasteiger partial charge >= 0.3 is 0 Å². The second-order valence-corrected chi connectivity index (χ2v) is 10.8. The second kappa shape index (κ2) is 9.33. The van der Waals surface area contributed by atoms with Crippen LogP contribution in [0.1, 0.15) is 37.7 Å². The average molecular weight is 481 g/mol. The molecule has 4 rings (SSSR count). The molecule has 0 spiro atoms. The summed E-state index contributed by atoms with van der Waals surface area (Å²) >= 11 is 0.905. The van der Waals surface area contributed by atoms with E-state index < -0.39 is 11.1 Å². The topological polar surface area (TPSA) is 65.9 Å². The number of imide groups is 1. The van der Waals surface area contributed by atoms with Crippen LogP contribution in [-0.2, 0) is 15.1 Å². The Morgan fingerprint density at radius 2 is 1.68 bits per heavy atom. The van der Waals surface area contributed by atoms with E-state index in [1.165, 1.54) is 0 Å². The molecule has 8 heteroatoms. The molecule has 1 aromatic carbocycles. The first-order valence-corrected chi connectivity index (χ1v) is 12.4. The molecule has 34 heavy (non-hydrogen) atoms. The molecule has 0 saturated carbocycles. The summed E-state index contributed by atoms with van der Waals surface area (Å²) in [7, 11) is 0. The van der Waals surface area contributed by atoms with Gasteiger partial charge in [-0.2, -0.15) is 0 Å². The maximum Gasteiger partial charge on any atom is 0.294 e. The van der Waals surface area contributed by atoms with Crippen molar-refractivity contribution in [3.8, 4) is 0 Å². The van der Waals surface area contributed by atoms with Crippen molar-refractivity contribution in [2.45, 2.75) is 40.2 Å². The summed E-state index contributed by atoms with van der Waals surface area (Å²) in [5.41, 5.74) is 4.11. The number of aryl methyl sites for hydroxylation is 1. The summed E-state index contributed by atoms with van der Waals surface area (Å²) in [6, 6.07) is 12.1. The molecular formula is C26H32N4O3S. The Hall–Kier alpha value is -3.00. The number of piperazine rings is 1. The van der Waals surface area contributed by atoms with E-state index in [4.69, 9.17) is 0 Å². The lowest BCUT2D eigenvalue weighted by atomic mass is 10.1. The van der Waals surface area contributed by atoms with Gasteiger partial charge in [-0.15, -0.1) is 0 Å². The van der Waals surface area contributed by atoms with Crippen molar-refractivity contribution >= 4 is 40.6 Å². The van der Waals surface area contributed by atoms with Crippen LogP contribution in [0.5, 0.6) is 0 Å². The van der Waals surface area contributed by atoms with Crippen molar-refractivity contribution < 1.29 is 14.4 Å². The summed E-state index contributed by atoms with van der Waals surface area (Å²) < 4.78 is 2.22. The van der Waals surface area contributed by atoms with Gasteiger partial charge in [0.15, 0.2) is 0 Å². The Labute approximate surface area is 205 Å². The molecule has 0 unspecified atom stereocenters. The molecule has 2 saturated heterocycles. The zero-order chi connectivity index (χ0) is 24.6. The minimum Gasteiger partial charge on any atom is -0.368 e. The van der Waals surface area contributed by atoms with Crippen molar-refractivity contribution in [3.05, 3.63) is 58.3 Å². The van der Waals surface area contributed by atoms with E-state index in [-0.39, 0.29) is 18.0 Å². The van der Waals surface area contributed by atoms with E-state index >= 15 is 0 Å². The second-order valence-electron chi connectivity index (χ2n) is 9.80. The molecule has 0 N–H and O–H groups in total. The van der Waals surface area contributed by atoms with E-state index in [2.05, 4.69) is 42.4 Å². The third kappa shape index (κ3) is 4.78. The van der Waals surface area contributed by atoms with Gasteiger partial charge in [-0.3, -0.25) is 19.3 Å². The van der Waals surface area contributed by atoms with E-state index in [1.54, 1.807) is 11.0 Å². The van der Waals surface area contributed by atoms with Crippen molar-refractivity contribution in [2.24, 2.45) is 0 Å². The number of anilines is 1. The van der Waals surface area contributed by atoms with E-state index in [1.807, 2.05) is 38.1 Å². The Balaban J connectivity index is 1.41. The van der Waals surface area contributed by atoms with Crippen LogP contribution in [0.15, 0.2) is 41.3 Å². The Bertz CT molecular complexity index is 1140. The van der Waals surface area contributed by atoms with Gasteiger partial charge in [-0.05, 0) is 76.2 Å². The van der Waals surface area contributed by atoms with Crippen LogP contribution in [0.25, 0.3) is 6.08 Å². The molecule has 1 aromatic heterocycles. The van der Waals surface area contributed by atoms with Crippen LogP contribution in [0.4, 0.5) is 10.5 Å². The number of carbonyl (C=O) groups excluding carboxylic acids is 3. The van der Waals surface area contributed by atoms with Gasteiger partial charge in [0, 0.05) is 48.8 Å². The zero-order valence-corrected chi connectivity index (χ0v) is 21.3. The van der Waals surface area contributed by atoms with Gasteiger partial charge < -0.3 is 14.4 Å². The summed E-state index contributed by atoms with van der Waals surface area (Å²) in [5.74, 6) is -0.589. The number of aromatic nitrogens is 1. The first-order valence-electron chi connectivity index (χ1n) is 11.6. The SMILES string of the molecule is Cc1cc(/C=C2/SC(=O)N(CC(=O)N3CCN(c4ccccc4)CC3)C2=O)c(C)n1C(C)(C)C. The summed E-state index contributed by atoms with van der Waals surface area (Å²) in [4.78, 5) is 43.9. The van der Waals surface area contributed by atoms with Crippen molar-refractivity contribution in [2.75, 3.05) is 37.6 Å². The van der Waals surface area contributed by atoms with Crippen LogP contribution in [0, 0.1) is 13.8 Å². The number of para-hydroxylation sites is 1. The lowest BCUT2D eigenvalue weighted by Crippen LogP contribution is -2.51. The van der Waals surface area contributed by atoms with E-state index in [9.17, 15) is 14.4 Å². The highest BCUT2D eigenvalue weighted by atomic mass is 32.2. The van der Waals surface area contributed by atoms with Gasteiger partial charge in [0.1, 0.15) is 6.54 Å². The number of benzene rings is 1. The number of amides is 3. The zero-order valence-electron chi connectivity index (χ0n) is 20.5. The number of carbonyl (C=O) groups is 3. The third-order valence-electron chi connectivity index (χ3n) is 6.35. The summed E-state index contributed by atoms with van der Waals surface area (Å²) in [6.45, 7) is 12.8. The van der Waals surface area contributed by atoms with Crippen LogP contribution in [0.2, 0.25) is 0 Å². The number of hydrogen-bond donors (Lipinski definition) is 0. The summed E-state index contributed by atoms with van der Waals surface area (Å²) in [5, 5.41) is -0.392. The maximum absolute atomic E-state index is 13.0. The van der Waals surface area contributed by atoms with Crippen molar-refractivity contribution in [1.29, 1.82) is 0 Å². The standard InChI is InChI=1S/C26H32N4O3S/c1-18-15-20(19(2)30(18)26(3,4)5)16-22-24(32)29(25(33)34-22)17-23(31)28-13-11-27(12-14-28)21-9-7-6-8-10-21/h6-10,15-16H,11-14,17H2,1-5H3/b22-16+. The predicted molar refractivity (Wildman–Crippen MR) is 137 cm³/mol. The maximum atomic E-state index is 13.0. The van der Waals surface area contributed by atoms with E-state index in [0.29, 0.717) is 18.0 Å². The van der Waals surface area contributed by atoms with Crippen LogP contribution in [0.3, 0.4) is 0 Å². The minimum atomic E-state index is -0.396. The monoisotopic (exact) mass is 480 g/mol. The number of thioether (sulfide) groups is 1. The van der Waals surface area contributed by atoms with Gasteiger partial charge in [-0.25, -0.2) is 0 Å². The molecule has 0 radical (unpaired) electrons. The molecule has 0 bridgehead atoms. The van der Waals surface area contributed by atoms with Gasteiger partial charge in [0.05, 0.1) is 4.91 Å². The molecule has 2 fully saturated rings. The first kappa shape index (κ1) is 24.1. The predicted octanol–water partition coefficient (Wildman–Crippen LogP) is 4.25. The quantitative estimate of drug-likeness (QED) is 0.613. The normalized spacial score (nSPS) is 18.4. The van der Waals surface area contributed by atoms with E-state index in [0.717, 1.165) is 52.4 Å². The van der Waals surface area contributed by atoms with Gasteiger partial charge in [-0.1, -0.05) is 18.2 Å². The Morgan fingerprint density at radius 3 is 2.26 bits per heavy atom. The molecule has 2 aliphatic rings. The lowest BCUT2D eigenvalue weighted by molar-refractivity contribution is -0.136. The van der Waals surface area contributed by atoms with Crippen LogP contribution < -0.4 is 4.90 Å². The highest BCUT2D eigenvalue weighted by Gasteiger charge is 2.37. The van der Waals surface area contributed by atoms with Gasteiger partial charge in [0.25, 0.3) is 11.1 Å². The molecule has 7 nitrogen and oxygen atoms in total. The third-order valence-corrected chi connectivity index (χ3v) is 7.26. The van der Waals surface area contributed by atoms with Gasteiger partial charge in [0.2, 0.25) is 5.91 Å². The molecule has 2 aliphatic heterocycles. The smallest absolute Gasteiger partial charge is 0.294 e. The lowest BCUT2D eigenvalue weighted by Gasteiger charge is -2.36. The molecule has 0 atom stereocenters. The number of hydrogen-bond acceptors (Lipinski definition) is 5. The van der Waals surface area contributed by atoms with Crippen molar-refractivity contribution in [3.63, 3.8) is 0 Å². The molecular weight excluding hydrogens is 448 g/mol. The van der Waals surface area contributed by atoms with Crippen LogP contribution >= 0.6 is 11.8 Å². The fourth-order valence-corrected chi connectivity index (χ4v) is 5.66. The molecule has 3 amide bonds. The first-order chi connectivity index (χ1) is 16.1. The fraction of sp³-hybridized carbons (Fsp3) is 0.423. The highest BCUT2D eigenvalue weighted by Crippen LogP contribution is 2.34. The van der Waals surface area contributed by atoms with Crippen molar-refractivity contribution in [1.82, 2.24) is 14.4 Å². The van der Waals surface area contributed by atoms with Crippen LogP contribution in [-0.4, -0.2) is 64.1 Å². The average Bonchev–Trinajstić information content (AvgIpc) is 3.23. The molecule has 180 valence electrons. The largest absolute Gasteiger partial charge is 0.368 e. The number of rotatable bonds is 4. The number of nitrogens with zero attached hydrogens (tertiary/aromatic N) is 4. The Morgan fingerprint density at radius 1 is 1.03 bits per heavy atom. The highest BCUT2D eigenvalue weighted by molar-refractivity contribution is 8.18.